The first-order valence-electron chi connectivity index (χ1n) is 7.22. The molecule has 130 valence electrons. The van der Waals surface area contributed by atoms with Crippen LogP contribution in [-0.4, -0.2) is 18.9 Å². The monoisotopic (exact) mass is 348 g/mol. The summed E-state index contributed by atoms with van der Waals surface area (Å²) in [5.74, 6) is -1.76. The Balaban J connectivity index is 2.16. The number of amides is 2. The number of hydrogen-bond acceptors (Lipinski definition) is 2. The van der Waals surface area contributed by atoms with E-state index < -0.39 is 23.7 Å². The van der Waals surface area contributed by atoms with Crippen molar-refractivity contribution in [1.82, 2.24) is 0 Å². The highest BCUT2D eigenvalue weighted by atomic mass is 19.3. The minimum Gasteiger partial charge on any atom is -0.322 e. The lowest BCUT2D eigenvalue weighted by Gasteiger charge is -2.15. The lowest BCUT2D eigenvalue weighted by Crippen LogP contribution is -2.23. The molecular formula is C18H15F3N2O2. The molecule has 25 heavy (non-hydrogen) atoms. The molecule has 0 bridgehead atoms. The maximum Gasteiger partial charge on any atom is 0.264 e. The van der Waals surface area contributed by atoms with Gasteiger partial charge < -0.3 is 10.2 Å². The Labute approximate surface area is 142 Å². The molecule has 0 spiro atoms. The molecule has 0 radical (unpaired) electrons. The van der Waals surface area contributed by atoms with Crippen molar-refractivity contribution in [3.05, 3.63) is 72.1 Å². The molecule has 1 N–H and O–H groups in total. The van der Waals surface area contributed by atoms with Gasteiger partial charge in [0.05, 0.1) is 0 Å². The summed E-state index contributed by atoms with van der Waals surface area (Å²) in [6, 6.07) is 8.70. The average Bonchev–Trinajstić information content (AvgIpc) is 2.59. The van der Waals surface area contributed by atoms with Crippen molar-refractivity contribution >= 4 is 23.2 Å². The molecule has 4 nitrogen and oxygen atoms in total. The van der Waals surface area contributed by atoms with E-state index in [-0.39, 0.29) is 17.2 Å². The summed E-state index contributed by atoms with van der Waals surface area (Å²) in [6.45, 7) is 3.39. The maximum absolute atomic E-state index is 13.4. The van der Waals surface area contributed by atoms with Crippen molar-refractivity contribution in [1.29, 1.82) is 0 Å². The average molecular weight is 348 g/mol. The number of nitrogens with one attached hydrogen (secondary N) is 1. The Bertz CT molecular complexity index is 804. The Morgan fingerprint density at radius 1 is 1.16 bits per heavy atom. The number of benzene rings is 2. The molecule has 0 saturated carbocycles. The summed E-state index contributed by atoms with van der Waals surface area (Å²) in [6.07, 6.45) is -1.69. The molecule has 0 aliphatic rings. The normalized spacial score (nSPS) is 10.4. The zero-order chi connectivity index (χ0) is 18.6. The number of rotatable bonds is 5. The second-order valence-corrected chi connectivity index (χ2v) is 5.18. The fourth-order valence-electron chi connectivity index (χ4n) is 2.11. The molecule has 0 aliphatic heterocycles. The van der Waals surface area contributed by atoms with Crippen LogP contribution in [0.2, 0.25) is 0 Å². The zero-order valence-electron chi connectivity index (χ0n) is 13.3. The molecule has 0 aromatic heterocycles. The number of carbonyl (C=O) groups is 2. The van der Waals surface area contributed by atoms with Gasteiger partial charge in [0.2, 0.25) is 5.91 Å². The molecule has 0 aliphatic carbocycles. The van der Waals surface area contributed by atoms with E-state index in [0.29, 0.717) is 11.8 Å². The van der Waals surface area contributed by atoms with Gasteiger partial charge in [-0.3, -0.25) is 9.59 Å². The molecule has 0 unspecified atom stereocenters. The molecule has 0 atom stereocenters. The van der Waals surface area contributed by atoms with Crippen LogP contribution in [0.25, 0.3) is 0 Å². The molecule has 2 aromatic rings. The van der Waals surface area contributed by atoms with Crippen LogP contribution in [0.15, 0.2) is 55.1 Å². The van der Waals surface area contributed by atoms with Gasteiger partial charge in [-0.25, -0.2) is 13.2 Å². The first-order chi connectivity index (χ1) is 11.8. The number of nitrogens with zero attached hydrogens (tertiary/aromatic N) is 1. The predicted octanol–water partition coefficient (Wildman–Crippen LogP) is 4.16. The van der Waals surface area contributed by atoms with Crippen LogP contribution < -0.4 is 10.2 Å². The number of halogens is 3. The number of alkyl halides is 2. The smallest absolute Gasteiger partial charge is 0.264 e. The SMILES string of the molecule is C=CC(=O)N(C)c1ccc(C(=O)Nc2cc(F)cc(C(F)F)c2)cc1. The number of likely N-dealkylation sites (N-methyl/N-ethyl adjacent to an activating group) is 1. The van der Waals surface area contributed by atoms with Crippen LogP contribution in [0, 0.1) is 5.82 Å². The number of hydrogen-bond donors (Lipinski definition) is 1. The van der Waals surface area contributed by atoms with Gasteiger partial charge in [-0.2, -0.15) is 0 Å². The van der Waals surface area contributed by atoms with Gasteiger partial charge in [0, 0.05) is 29.5 Å². The molecule has 0 saturated heterocycles. The van der Waals surface area contributed by atoms with E-state index >= 15 is 0 Å². The van der Waals surface area contributed by atoms with Crippen LogP contribution in [0.1, 0.15) is 22.3 Å². The lowest BCUT2D eigenvalue weighted by molar-refractivity contribution is -0.113. The highest BCUT2D eigenvalue weighted by Gasteiger charge is 2.13. The van der Waals surface area contributed by atoms with Crippen molar-refractivity contribution < 1.29 is 22.8 Å². The van der Waals surface area contributed by atoms with E-state index in [1.807, 2.05) is 0 Å². The molecule has 0 fully saturated rings. The topological polar surface area (TPSA) is 49.4 Å². The fraction of sp³-hybridized carbons (Fsp3) is 0.111. The van der Waals surface area contributed by atoms with Gasteiger partial charge in [0.1, 0.15) is 5.82 Å². The second kappa shape index (κ2) is 7.65. The summed E-state index contributed by atoms with van der Waals surface area (Å²) in [4.78, 5) is 25.0. The van der Waals surface area contributed by atoms with E-state index in [1.165, 1.54) is 17.0 Å². The molecule has 0 heterocycles. The van der Waals surface area contributed by atoms with Gasteiger partial charge >= 0.3 is 0 Å². The second-order valence-electron chi connectivity index (χ2n) is 5.18. The fourth-order valence-corrected chi connectivity index (χ4v) is 2.11. The van der Waals surface area contributed by atoms with Crippen molar-refractivity contribution in [2.75, 3.05) is 17.3 Å². The van der Waals surface area contributed by atoms with E-state index in [2.05, 4.69) is 11.9 Å². The third-order valence-electron chi connectivity index (χ3n) is 3.45. The van der Waals surface area contributed by atoms with Crippen LogP contribution in [-0.2, 0) is 4.79 Å². The van der Waals surface area contributed by atoms with Gasteiger partial charge in [-0.1, -0.05) is 6.58 Å². The third-order valence-corrected chi connectivity index (χ3v) is 3.45. The van der Waals surface area contributed by atoms with Crippen molar-refractivity contribution in [3.8, 4) is 0 Å². The quantitative estimate of drug-likeness (QED) is 0.825. The highest BCUT2D eigenvalue weighted by Crippen LogP contribution is 2.24. The predicted molar refractivity (Wildman–Crippen MR) is 89.4 cm³/mol. The van der Waals surface area contributed by atoms with Gasteiger partial charge in [-0.05, 0) is 48.5 Å². The Hall–Kier alpha value is -3.09. The first kappa shape index (κ1) is 18.3. The Kier molecular flexibility index (Phi) is 5.59. The van der Waals surface area contributed by atoms with Crippen LogP contribution in [0.5, 0.6) is 0 Å². The molecule has 2 amide bonds. The summed E-state index contributed by atoms with van der Waals surface area (Å²) in [7, 11) is 1.55. The third kappa shape index (κ3) is 4.47. The van der Waals surface area contributed by atoms with Gasteiger partial charge in [0.25, 0.3) is 12.3 Å². The van der Waals surface area contributed by atoms with E-state index in [9.17, 15) is 22.8 Å². The zero-order valence-corrected chi connectivity index (χ0v) is 13.3. The molecule has 2 rings (SSSR count). The number of anilines is 2. The molecular weight excluding hydrogens is 333 g/mol. The summed E-state index contributed by atoms with van der Waals surface area (Å²) < 4.78 is 38.7. The van der Waals surface area contributed by atoms with Gasteiger partial charge in [-0.15, -0.1) is 0 Å². The van der Waals surface area contributed by atoms with Crippen LogP contribution in [0.3, 0.4) is 0 Å². The lowest BCUT2D eigenvalue weighted by atomic mass is 10.1. The summed E-state index contributed by atoms with van der Waals surface area (Å²) in [5.41, 5.74) is 0.191. The minimum absolute atomic E-state index is 0.0664. The van der Waals surface area contributed by atoms with Crippen molar-refractivity contribution in [2.45, 2.75) is 6.43 Å². The highest BCUT2D eigenvalue weighted by molar-refractivity contribution is 6.05. The van der Waals surface area contributed by atoms with E-state index in [1.54, 1.807) is 19.2 Å². The summed E-state index contributed by atoms with van der Waals surface area (Å²) in [5, 5.41) is 2.37. The van der Waals surface area contributed by atoms with Crippen LogP contribution >= 0.6 is 0 Å². The van der Waals surface area contributed by atoms with E-state index in [0.717, 1.165) is 18.2 Å². The van der Waals surface area contributed by atoms with Crippen LogP contribution in [0.4, 0.5) is 24.5 Å². The summed E-state index contributed by atoms with van der Waals surface area (Å²) >= 11 is 0. The number of carbonyl (C=O) groups excluding carboxylic acids is 2. The Morgan fingerprint density at radius 3 is 2.36 bits per heavy atom. The van der Waals surface area contributed by atoms with Crippen molar-refractivity contribution in [2.24, 2.45) is 0 Å². The van der Waals surface area contributed by atoms with Crippen molar-refractivity contribution in [3.63, 3.8) is 0 Å². The maximum atomic E-state index is 13.4. The van der Waals surface area contributed by atoms with Gasteiger partial charge in [0.15, 0.2) is 0 Å². The van der Waals surface area contributed by atoms with E-state index in [4.69, 9.17) is 0 Å². The molecule has 2 aromatic carbocycles. The Morgan fingerprint density at radius 2 is 1.80 bits per heavy atom. The first-order valence-corrected chi connectivity index (χ1v) is 7.22. The molecule has 7 heteroatoms. The minimum atomic E-state index is -2.84. The largest absolute Gasteiger partial charge is 0.322 e. The standard InChI is InChI=1S/C18H15F3N2O2/c1-3-16(24)23(2)15-6-4-11(5-7-15)18(25)22-14-9-12(17(20)21)8-13(19)10-14/h3-10,17H,1H2,2H3,(H,22,25).